The standard InChI is InChI=1S/C19H19NO5/c1-10-15(11(2)20-13-8-9-14(21)16(10)13)19(24)25-17(18(22)23)12-6-4-3-5-7-12/h3-7,10,17,20H,8-9H2,1-2H3,(H,22,23)/t10-,17+/m0/s1. The first-order valence-corrected chi connectivity index (χ1v) is 8.13. The number of hydrogen-bond acceptors (Lipinski definition) is 5. The van der Waals surface area contributed by atoms with Gasteiger partial charge in [0.15, 0.2) is 5.78 Å². The second kappa shape index (κ2) is 6.55. The van der Waals surface area contributed by atoms with E-state index in [1.54, 1.807) is 44.2 Å². The first-order chi connectivity index (χ1) is 11.9. The van der Waals surface area contributed by atoms with Gasteiger partial charge in [-0.15, -0.1) is 0 Å². The number of carboxylic acids is 1. The van der Waals surface area contributed by atoms with E-state index in [0.717, 1.165) is 5.70 Å². The van der Waals surface area contributed by atoms with E-state index < -0.39 is 24.0 Å². The van der Waals surface area contributed by atoms with Gasteiger partial charge in [0.2, 0.25) is 6.10 Å². The fourth-order valence-electron chi connectivity index (χ4n) is 3.46. The van der Waals surface area contributed by atoms with Gasteiger partial charge in [0.1, 0.15) is 0 Å². The van der Waals surface area contributed by atoms with Gasteiger partial charge in [-0.25, -0.2) is 9.59 Å². The maximum atomic E-state index is 12.7. The predicted molar refractivity (Wildman–Crippen MR) is 89.2 cm³/mol. The number of Topliss-reactive ketones (excluding diaryl/α,β-unsaturated/α-hetero) is 1. The molecular formula is C19H19NO5. The van der Waals surface area contributed by atoms with Gasteiger partial charge in [0.25, 0.3) is 0 Å². The minimum Gasteiger partial charge on any atom is -0.478 e. The lowest BCUT2D eigenvalue weighted by Gasteiger charge is -2.27. The van der Waals surface area contributed by atoms with Crippen LogP contribution >= 0.6 is 0 Å². The fraction of sp³-hybridized carbons (Fsp3) is 0.316. The molecule has 3 rings (SSSR count). The van der Waals surface area contributed by atoms with Gasteiger partial charge < -0.3 is 15.2 Å². The van der Waals surface area contributed by atoms with E-state index >= 15 is 0 Å². The summed E-state index contributed by atoms with van der Waals surface area (Å²) in [7, 11) is 0. The molecule has 0 bridgehead atoms. The van der Waals surface area contributed by atoms with E-state index in [1.165, 1.54) is 0 Å². The Morgan fingerprint density at radius 3 is 2.56 bits per heavy atom. The summed E-state index contributed by atoms with van der Waals surface area (Å²) in [5, 5.41) is 12.5. The number of carbonyl (C=O) groups excluding carboxylic acids is 2. The molecule has 0 unspecified atom stereocenters. The number of carbonyl (C=O) groups is 3. The first-order valence-electron chi connectivity index (χ1n) is 8.13. The van der Waals surface area contributed by atoms with Crippen LogP contribution < -0.4 is 5.32 Å². The predicted octanol–water partition coefficient (Wildman–Crippen LogP) is 2.49. The summed E-state index contributed by atoms with van der Waals surface area (Å²) in [5.74, 6) is -2.36. The Morgan fingerprint density at radius 1 is 1.24 bits per heavy atom. The number of aliphatic carboxylic acids is 1. The molecule has 1 aromatic carbocycles. The van der Waals surface area contributed by atoms with Crippen LogP contribution in [0.4, 0.5) is 0 Å². The van der Waals surface area contributed by atoms with Crippen LogP contribution in [-0.2, 0) is 19.1 Å². The minimum atomic E-state index is -1.39. The van der Waals surface area contributed by atoms with Crippen LogP contribution in [0.25, 0.3) is 0 Å². The molecule has 1 heterocycles. The third-order valence-electron chi connectivity index (χ3n) is 4.61. The Labute approximate surface area is 145 Å². The second-order valence-corrected chi connectivity index (χ2v) is 6.24. The van der Waals surface area contributed by atoms with Crippen LogP contribution in [0.2, 0.25) is 0 Å². The Bertz CT molecular complexity index is 806. The summed E-state index contributed by atoms with van der Waals surface area (Å²) in [4.78, 5) is 36.3. The number of ketones is 1. The van der Waals surface area contributed by atoms with E-state index in [1.807, 2.05) is 0 Å². The molecule has 6 heteroatoms. The zero-order chi connectivity index (χ0) is 18.1. The molecule has 0 saturated heterocycles. The molecule has 0 amide bonds. The number of benzene rings is 1. The zero-order valence-corrected chi connectivity index (χ0v) is 14.0. The van der Waals surface area contributed by atoms with Crippen LogP contribution in [0.3, 0.4) is 0 Å². The zero-order valence-electron chi connectivity index (χ0n) is 14.0. The number of esters is 1. The maximum absolute atomic E-state index is 12.7. The van der Waals surface area contributed by atoms with E-state index in [-0.39, 0.29) is 5.78 Å². The lowest BCUT2D eigenvalue weighted by atomic mass is 9.87. The van der Waals surface area contributed by atoms with Gasteiger partial charge in [-0.3, -0.25) is 4.79 Å². The van der Waals surface area contributed by atoms with Crippen molar-refractivity contribution < 1.29 is 24.2 Å². The van der Waals surface area contributed by atoms with Gasteiger partial charge in [-0.2, -0.15) is 0 Å². The minimum absolute atomic E-state index is 0.0191. The number of nitrogens with one attached hydrogen (secondary N) is 1. The van der Waals surface area contributed by atoms with E-state index in [0.29, 0.717) is 35.2 Å². The molecule has 0 saturated carbocycles. The van der Waals surface area contributed by atoms with Crippen molar-refractivity contribution in [2.45, 2.75) is 32.8 Å². The number of dihydropyridines is 1. The maximum Gasteiger partial charge on any atom is 0.349 e. The number of ether oxygens (including phenoxy) is 1. The van der Waals surface area contributed by atoms with E-state index in [2.05, 4.69) is 5.32 Å². The van der Waals surface area contributed by atoms with Gasteiger partial charge in [0, 0.05) is 34.9 Å². The van der Waals surface area contributed by atoms with E-state index in [9.17, 15) is 19.5 Å². The molecule has 1 aliphatic carbocycles. The molecular weight excluding hydrogens is 322 g/mol. The molecule has 0 spiro atoms. The summed E-state index contributed by atoms with van der Waals surface area (Å²) < 4.78 is 5.29. The summed E-state index contributed by atoms with van der Waals surface area (Å²) in [6, 6.07) is 8.31. The molecule has 25 heavy (non-hydrogen) atoms. The SMILES string of the molecule is CC1=C(C(=O)O[C@@H](C(=O)O)c2ccccc2)[C@H](C)C2=C(CCC2=O)N1. The molecule has 2 N–H and O–H groups in total. The van der Waals surface area contributed by atoms with Crippen molar-refractivity contribution in [3.63, 3.8) is 0 Å². The van der Waals surface area contributed by atoms with Gasteiger partial charge in [-0.1, -0.05) is 37.3 Å². The first kappa shape index (κ1) is 17.0. The van der Waals surface area contributed by atoms with Gasteiger partial charge >= 0.3 is 11.9 Å². The molecule has 0 aromatic heterocycles. The molecule has 0 fully saturated rings. The summed E-state index contributed by atoms with van der Waals surface area (Å²) in [6.07, 6.45) is -0.324. The van der Waals surface area contributed by atoms with Crippen LogP contribution in [0.15, 0.2) is 52.9 Å². The second-order valence-electron chi connectivity index (χ2n) is 6.24. The third-order valence-corrected chi connectivity index (χ3v) is 4.61. The molecule has 2 atom stereocenters. The lowest BCUT2D eigenvalue weighted by Crippen LogP contribution is -2.31. The Balaban J connectivity index is 1.86. The van der Waals surface area contributed by atoms with Crippen molar-refractivity contribution in [3.05, 3.63) is 58.4 Å². The van der Waals surface area contributed by atoms with Crippen molar-refractivity contribution in [2.24, 2.45) is 5.92 Å². The average Bonchev–Trinajstić information content (AvgIpc) is 2.94. The lowest BCUT2D eigenvalue weighted by molar-refractivity contribution is -0.162. The van der Waals surface area contributed by atoms with Crippen LogP contribution in [-0.4, -0.2) is 22.8 Å². The highest BCUT2D eigenvalue weighted by atomic mass is 16.6. The van der Waals surface area contributed by atoms with Crippen molar-refractivity contribution in [2.75, 3.05) is 0 Å². The Kier molecular flexibility index (Phi) is 4.44. The highest BCUT2D eigenvalue weighted by molar-refractivity contribution is 6.03. The van der Waals surface area contributed by atoms with Crippen LogP contribution in [0.1, 0.15) is 38.4 Å². The van der Waals surface area contributed by atoms with Gasteiger partial charge in [-0.05, 0) is 13.3 Å². The molecule has 0 radical (unpaired) electrons. The Morgan fingerprint density at radius 2 is 1.92 bits per heavy atom. The molecule has 1 aliphatic heterocycles. The van der Waals surface area contributed by atoms with Crippen molar-refractivity contribution in [1.82, 2.24) is 5.32 Å². The number of hydrogen-bond donors (Lipinski definition) is 2. The highest BCUT2D eigenvalue weighted by Crippen LogP contribution is 2.37. The number of rotatable bonds is 4. The largest absolute Gasteiger partial charge is 0.478 e. The summed E-state index contributed by atoms with van der Waals surface area (Å²) >= 11 is 0. The third kappa shape index (κ3) is 3.07. The molecule has 6 nitrogen and oxygen atoms in total. The Hall–Kier alpha value is -2.89. The summed E-state index contributed by atoms with van der Waals surface area (Å²) in [5.41, 5.74) is 2.74. The average molecular weight is 341 g/mol. The van der Waals surface area contributed by atoms with Crippen molar-refractivity contribution in [3.8, 4) is 0 Å². The van der Waals surface area contributed by atoms with Gasteiger partial charge in [0.05, 0.1) is 5.57 Å². The fourth-order valence-corrected chi connectivity index (χ4v) is 3.46. The van der Waals surface area contributed by atoms with Crippen molar-refractivity contribution >= 4 is 17.7 Å². The molecule has 1 aromatic rings. The van der Waals surface area contributed by atoms with Crippen LogP contribution in [0.5, 0.6) is 0 Å². The smallest absolute Gasteiger partial charge is 0.349 e. The number of allylic oxidation sites excluding steroid dienone is 3. The van der Waals surface area contributed by atoms with Crippen molar-refractivity contribution in [1.29, 1.82) is 0 Å². The highest BCUT2D eigenvalue weighted by Gasteiger charge is 2.38. The number of carboxylic acid groups (broad SMARTS) is 1. The van der Waals surface area contributed by atoms with Crippen LogP contribution in [0, 0.1) is 5.92 Å². The summed E-state index contributed by atoms with van der Waals surface area (Å²) in [6.45, 7) is 3.51. The topological polar surface area (TPSA) is 92.7 Å². The van der Waals surface area contributed by atoms with E-state index in [4.69, 9.17) is 4.74 Å². The molecule has 2 aliphatic rings. The molecule has 130 valence electrons. The quantitative estimate of drug-likeness (QED) is 0.818. The monoisotopic (exact) mass is 341 g/mol. The normalized spacial score (nSPS) is 20.9.